The molecular weight excluding hydrogens is 176 g/mol. The van der Waals surface area contributed by atoms with Gasteiger partial charge in [0, 0.05) is 35.3 Å². The third kappa shape index (κ3) is 4.04. The van der Waals surface area contributed by atoms with Gasteiger partial charge in [-0.15, -0.1) is 0 Å². The summed E-state index contributed by atoms with van der Waals surface area (Å²) in [6, 6.07) is 0. The first kappa shape index (κ1) is 9.95. The maximum absolute atomic E-state index is 11.2. The quantitative estimate of drug-likeness (QED) is 0.653. The lowest BCUT2D eigenvalue weighted by atomic mass is 10.3. The predicted octanol–water partition coefficient (Wildman–Crippen LogP) is -0.298. The van der Waals surface area contributed by atoms with Crippen molar-refractivity contribution in [1.29, 1.82) is 0 Å². The van der Waals surface area contributed by atoms with E-state index in [1.54, 1.807) is 12.5 Å². The van der Waals surface area contributed by atoms with Gasteiger partial charge in [-0.3, -0.25) is 4.21 Å². The van der Waals surface area contributed by atoms with Crippen LogP contribution in [0.1, 0.15) is 0 Å². The van der Waals surface area contributed by atoms with E-state index in [4.69, 9.17) is 4.74 Å². The largest absolute Gasteiger partial charge is 0.374 e. The van der Waals surface area contributed by atoms with Gasteiger partial charge in [0.2, 0.25) is 0 Å². The number of rotatable bonds is 2. The van der Waals surface area contributed by atoms with Crippen molar-refractivity contribution in [2.45, 2.75) is 6.10 Å². The van der Waals surface area contributed by atoms with Crippen LogP contribution < -0.4 is 5.32 Å². The van der Waals surface area contributed by atoms with Crippen molar-refractivity contribution in [1.82, 2.24) is 5.32 Å². The average molecular weight is 192 g/mol. The molecule has 72 valence electrons. The van der Waals surface area contributed by atoms with Crippen LogP contribution in [0.4, 0.5) is 0 Å². The fraction of sp³-hybridized carbons (Fsp3) is 1.00. The maximum Gasteiger partial charge on any atom is 0.0902 e. The number of nitrogens with one attached hydrogen (secondary N) is 1. The van der Waals surface area contributed by atoms with Gasteiger partial charge in [0.15, 0.2) is 0 Å². The molecule has 1 N–H and O–H groups in total. The Labute approximate surface area is 73.9 Å². The zero-order valence-corrected chi connectivity index (χ0v) is 8.39. The fourth-order valence-electron chi connectivity index (χ4n) is 1.000. The van der Waals surface area contributed by atoms with E-state index in [1.165, 1.54) is 0 Å². The highest BCUT2D eigenvalue weighted by Gasteiger charge is 2.12. The highest BCUT2D eigenvalue weighted by Crippen LogP contribution is 1.97. The summed E-state index contributed by atoms with van der Waals surface area (Å²) < 4.78 is 20.6. The van der Waals surface area contributed by atoms with Gasteiger partial charge in [-0.1, -0.05) is 0 Å². The zero-order chi connectivity index (χ0) is 9.03. The molecule has 1 aliphatic rings. The number of nitrogens with zero attached hydrogens (tertiary/aromatic N) is 1. The molecule has 1 heterocycles. The average Bonchev–Trinajstić information content (AvgIpc) is 2.02. The minimum absolute atomic E-state index is 0.111. The minimum Gasteiger partial charge on any atom is -0.374 e. The molecule has 1 aliphatic heterocycles. The second-order valence-corrected chi connectivity index (χ2v) is 5.81. The number of hydrogen-bond donors (Lipinski definition) is 1. The Morgan fingerprint density at radius 3 is 2.92 bits per heavy atom. The summed E-state index contributed by atoms with van der Waals surface area (Å²) in [5, 5.41) is 3.19. The van der Waals surface area contributed by atoms with Gasteiger partial charge in [0.05, 0.1) is 19.3 Å². The van der Waals surface area contributed by atoms with Crippen LogP contribution in [0.25, 0.3) is 0 Å². The standard InChI is InChI=1S/C7H16N2O2S/c1-12(2,10)9-6-7-5-8-3-4-11-7/h7-8H,3-6H2,1-2H3/t7-/m1/s1. The Morgan fingerprint density at radius 2 is 2.42 bits per heavy atom. The molecule has 1 rings (SSSR count). The molecule has 1 saturated heterocycles. The van der Waals surface area contributed by atoms with Crippen LogP contribution in [-0.4, -0.2) is 49.1 Å². The summed E-state index contributed by atoms with van der Waals surface area (Å²) in [6.07, 6.45) is 3.39. The van der Waals surface area contributed by atoms with Gasteiger partial charge >= 0.3 is 0 Å². The molecule has 12 heavy (non-hydrogen) atoms. The fourth-order valence-corrected chi connectivity index (χ4v) is 1.52. The molecule has 0 aliphatic carbocycles. The normalized spacial score (nSPS) is 25.3. The zero-order valence-electron chi connectivity index (χ0n) is 7.58. The molecule has 0 unspecified atom stereocenters. The molecule has 0 bridgehead atoms. The third-order valence-electron chi connectivity index (χ3n) is 1.59. The van der Waals surface area contributed by atoms with E-state index in [0.29, 0.717) is 6.54 Å². The molecule has 5 heteroatoms. The maximum atomic E-state index is 11.2. The molecule has 1 fully saturated rings. The Morgan fingerprint density at radius 1 is 1.67 bits per heavy atom. The Kier molecular flexibility index (Phi) is 3.49. The number of ether oxygens (including phenoxy) is 1. The molecular formula is C7H16N2O2S. The van der Waals surface area contributed by atoms with E-state index >= 15 is 0 Å². The monoisotopic (exact) mass is 192 g/mol. The van der Waals surface area contributed by atoms with Gasteiger partial charge < -0.3 is 10.1 Å². The summed E-state index contributed by atoms with van der Waals surface area (Å²) in [7, 11) is -1.96. The molecule has 0 aromatic carbocycles. The molecule has 0 radical (unpaired) electrons. The lowest BCUT2D eigenvalue weighted by molar-refractivity contribution is 0.0352. The summed E-state index contributed by atoms with van der Waals surface area (Å²) in [5.41, 5.74) is 0. The van der Waals surface area contributed by atoms with E-state index in [0.717, 1.165) is 19.7 Å². The van der Waals surface area contributed by atoms with E-state index < -0.39 is 9.73 Å². The van der Waals surface area contributed by atoms with E-state index in [2.05, 4.69) is 9.68 Å². The first-order chi connectivity index (χ1) is 5.58. The van der Waals surface area contributed by atoms with Crippen LogP contribution in [0.5, 0.6) is 0 Å². The van der Waals surface area contributed by atoms with Gasteiger partial charge in [-0.05, 0) is 0 Å². The Hall–Kier alpha value is -0.130. The molecule has 4 nitrogen and oxygen atoms in total. The van der Waals surface area contributed by atoms with Crippen LogP contribution in [0.3, 0.4) is 0 Å². The van der Waals surface area contributed by atoms with Gasteiger partial charge in [0.25, 0.3) is 0 Å². The van der Waals surface area contributed by atoms with Crippen molar-refractivity contribution in [3.8, 4) is 0 Å². The highest BCUT2D eigenvalue weighted by atomic mass is 32.2. The van der Waals surface area contributed by atoms with E-state index in [-0.39, 0.29) is 6.10 Å². The molecule has 1 atom stereocenters. The molecule has 0 amide bonds. The third-order valence-corrected chi connectivity index (χ3v) is 2.36. The number of hydrogen-bond acceptors (Lipinski definition) is 4. The van der Waals surface area contributed by atoms with Crippen molar-refractivity contribution in [3.05, 3.63) is 0 Å². The Balaban J connectivity index is 2.36. The molecule has 0 aromatic rings. The summed E-state index contributed by atoms with van der Waals surface area (Å²) in [5.74, 6) is 0. The van der Waals surface area contributed by atoms with Crippen molar-refractivity contribution in [2.24, 2.45) is 4.36 Å². The van der Waals surface area contributed by atoms with E-state index in [9.17, 15) is 4.21 Å². The van der Waals surface area contributed by atoms with Gasteiger partial charge in [-0.2, -0.15) is 0 Å². The first-order valence-corrected chi connectivity index (χ1v) is 6.36. The summed E-state index contributed by atoms with van der Waals surface area (Å²) in [4.78, 5) is 0. The second kappa shape index (κ2) is 4.20. The summed E-state index contributed by atoms with van der Waals surface area (Å²) in [6.45, 7) is 3.00. The van der Waals surface area contributed by atoms with Crippen molar-refractivity contribution in [2.75, 3.05) is 38.8 Å². The van der Waals surface area contributed by atoms with Crippen molar-refractivity contribution in [3.63, 3.8) is 0 Å². The van der Waals surface area contributed by atoms with Gasteiger partial charge in [0.1, 0.15) is 0 Å². The molecule has 0 saturated carbocycles. The van der Waals surface area contributed by atoms with Crippen LogP contribution in [0.15, 0.2) is 4.36 Å². The van der Waals surface area contributed by atoms with Crippen LogP contribution in [-0.2, 0) is 14.5 Å². The lowest BCUT2D eigenvalue weighted by Crippen LogP contribution is -2.40. The molecule has 0 spiro atoms. The first-order valence-electron chi connectivity index (χ1n) is 4.03. The predicted molar refractivity (Wildman–Crippen MR) is 49.9 cm³/mol. The SMILES string of the molecule is CS(C)(=O)=NC[C@H]1CNCCO1. The summed E-state index contributed by atoms with van der Waals surface area (Å²) >= 11 is 0. The van der Waals surface area contributed by atoms with Crippen molar-refractivity contribution < 1.29 is 8.95 Å². The number of morpholine rings is 1. The second-order valence-electron chi connectivity index (χ2n) is 3.19. The topological polar surface area (TPSA) is 50.7 Å². The van der Waals surface area contributed by atoms with E-state index in [1.807, 2.05) is 0 Å². The molecule has 0 aromatic heterocycles. The Bertz CT molecular complexity index is 232. The lowest BCUT2D eigenvalue weighted by Gasteiger charge is -2.21. The highest BCUT2D eigenvalue weighted by molar-refractivity contribution is 7.92. The smallest absolute Gasteiger partial charge is 0.0902 e. The van der Waals surface area contributed by atoms with Crippen LogP contribution in [0.2, 0.25) is 0 Å². The van der Waals surface area contributed by atoms with Crippen LogP contribution in [0, 0.1) is 0 Å². The van der Waals surface area contributed by atoms with Crippen LogP contribution >= 0.6 is 0 Å². The minimum atomic E-state index is -1.96. The van der Waals surface area contributed by atoms with Crippen molar-refractivity contribution >= 4 is 9.73 Å². The van der Waals surface area contributed by atoms with Gasteiger partial charge in [-0.25, -0.2) is 4.36 Å².